The van der Waals surface area contributed by atoms with Gasteiger partial charge in [-0.1, -0.05) is 13.8 Å². The van der Waals surface area contributed by atoms with Crippen molar-refractivity contribution in [1.82, 2.24) is 5.32 Å². The molecular weight excluding hydrogens is 389 g/mol. The van der Waals surface area contributed by atoms with Gasteiger partial charge in [-0.3, -0.25) is 14.2 Å². The van der Waals surface area contributed by atoms with E-state index < -0.39 is 15.8 Å². The summed E-state index contributed by atoms with van der Waals surface area (Å²) in [6, 6.07) is 0. The molecule has 0 bridgehead atoms. The Morgan fingerprint density at radius 3 is 1.83 bits per heavy atom. The monoisotopic (exact) mass is 420 g/mol. The SMILES string of the molecule is CC(=NCCCNCCCN=C(C)C(C)(C)S(=O)[O-])C(C)(C)[S-].[Co]. The summed E-state index contributed by atoms with van der Waals surface area (Å²) in [5.41, 5.74) is 1.66. The van der Waals surface area contributed by atoms with Gasteiger partial charge in [0, 0.05) is 35.6 Å². The van der Waals surface area contributed by atoms with Crippen LogP contribution in [0.4, 0.5) is 0 Å². The van der Waals surface area contributed by atoms with Gasteiger partial charge >= 0.3 is 0 Å². The van der Waals surface area contributed by atoms with Crippen LogP contribution in [0.2, 0.25) is 0 Å². The molecule has 1 radical (unpaired) electrons. The second-order valence-corrected chi connectivity index (χ2v) is 9.16. The number of rotatable bonds is 11. The second-order valence-electron chi connectivity index (χ2n) is 6.65. The summed E-state index contributed by atoms with van der Waals surface area (Å²) in [5, 5.41) is 3.35. The maximum absolute atomic E-state index is 11.1. The van der Waals surface area contributed by atoms with Crippen LogP contribution in [-0.4, -0.2) is 55.9 Å². The molecule has 0 aliphatic carbocycles. The van der Waals surface area contributed by atoms with Crippen LogP contribution in [0, 0.1) is 0 Å². The predicted octanol–water partition coefficient (Wildman–Crippen LogP) is 2.26. The van der Waals surface area contributed by atoms with Gasteiger partial charge in [-0.15, -0.1) is 4.75 Å². The van der Waals surface area contributed by atoms with Crippen molar-refractivity contribution in [2.75, 3.05) is 26.2 Å². The zero-order valence-electron chi connectivity index (χ0n) is 15.6. The molecule has 0 aliphatic heterocycles. The number of nitrogens with one attached hydrogen (secondary N) is 1. The zero-order valence-corrected chi connectivity index (χ0v) is 18.3. The third kappa shape index (κ3) is 11.0. The van der Waals surface area contributed by atoms with Crippen LogP contribution in [0.15, 0.2) is 9.98 Å². The number of hydrogen-bond donors (Lipinski definition) is 1. The van der Waals surface area contributed by atoms with E-state index in [1.807, 2.05) is 20.8 Å². The van der Waals surface area contributed by atoms with Crippen molar-refractivity contribution < 1.29 is 25.5 Å². The van der Waals surface area contributed by atoms with Crippen LogP contribution in [0.1, 0.15) is 54.4 Å². The predicted molar refractivity (Wildman–Crippen MR) is 102 cm³/mol. The summed E-state index contributed by atoms with van der Waals surface area (Å²) in [4.78, 5) is 8.84. The van der Waals surface area contributed by atoms with E-state index in [2.05, 4.69) is 15.3 Å². The summed E-state index contributed by atoms with van der Waals surface area (Å²) >= 11 is 3.18. The molecule has 1 unspecified atom stereocenters. The number of hydrogen-bond acceptors (Lipinski definition) is 6. The first kappa shape index (κ1) is 26.5. The van der Waals surface area contributed by atoms with Gasteiger partial charge in [-0.2, -0.15) is 0 Å². The van der Waals surface area contributed by atoms with Gasteiger partial charge in [-0.05, 0) is 70.4 Å². The van der Waals surface area contributed by atoms with Crippen molar-refractivity contribution in [3.63, 3.8) is 0 Å². The molecule has 145 valence electrons. The fraction of sp³-hybridized carbons (Fsp3) is 0.875. The molecule has 0 aromatic carbocycles. The van der Waals surface area contributed by atoms with Gasteiger partial charge in [0.1, 0.15) is 0 Å². The van der Waals surface area contributed by atoms with E-state index in [4.69, 9.17) is 12.6 Å². The van der Waals surface area contributed by atoms with Crippen LogP contribution < -0.4 is 5.32 Å². The van der Waals surface area contributed by atoms with Gasteiger partial charge in [0.05, 0.1) is 4.75 Å². The molecule has 5 nitrogen and oxygen atoms in total. The molecule has 8 heteroatoms. The number of aliphatic imine (C=N–C) groups is 2. The Kier molecular flexibility index (Phi) is 13.9. The maximum atomic E-state index is 11.1. The van der Waals surface area contributed by atoms with Gasteiger partial charge < -0.3 is 22.5 Å². The average Bonchev–Trinajstić information content (AvgIpc) is 2.43. The third-order valence-electron chi connectivity index (χ3n) is 3.88. The van der Waals surface area contributed by atoms with Crippen LogP contribution >= 0.6 is 0 Å². The summed E-state index contributed by atoms with van der Waals surface area (Å²) in [6.45, 7) is 14.3. The van der Waals surface area contributed by atoms with Crippen LogP contribution in [-0.2, 0) is 40.5 Å². The van der Waals surface area contributed by atoms with E-state index in [0.717, 1.165) is 38.2 Å². The molecule has 24 heavy (non-hydrogen) atoms. The van der Waals surface area contributed by atoms with E-state index in [1.165, 1.54) is 0 Å². The van der Waals surface area contributed by atoms with Crippen LogP contribution in [0.25, 0.3) is 0 Å². The first-order valence-corrected chi connectivity index (χ1v) is 9.51. The van der Waals surface area contributed by atoms with Crippen molar-refractivity contribution >= 4 is 35.1 Å². The molecule has 0 spiro atoms. The topological polar surface area (TPSA) is 76.9 Å². The summed E-state index contributed by atoms with van der Waals surface area (Å²) in [7, 11) is 0. The second kappa shape index (κ2) is 12.6. The largest absolute Gasteiger partial charge is 0.781 e. The van der Waals surface area contributed by atoms with E-state index in [-0.39, 0.29) is 21.5 Å². The molecule has 1 atom stereocenters. The van der Waals surface area contributed by atoms with E-state index in [1.54, 1.807) is 20.8 Å². The van der Waals surface area contributed by atoms with Crippen molar-refractivity contribution in [3.05, 3.63) is 0 Å². The summed E-state index contributed by atoms with van der Waals surface area (Å²) < 4.78 is 21.0. The molecular formula is C16H31CoN3O2S2-2. The fourth-order valence-corrected chi connectivity index (χ4v) is 1.90. The van der Waals surface area contributed by atoms with Crippen molar-refractivity contribution in [1.29, 1.82) is 0 Å². The summed E-state index contributed by atoms with van der Waals surface area (Å²) in [5.74, 6) is 0. The molecule has 0 rings (SSSR count). The van der Waals surface area contributed by atoms with E-state index in [9.17, 15) is 8.76 Å². The Bertz CT molecular complexity index is 447. The van der Waals surface area contributed by atoms with Crippen molar-refractivity contribution in [3.8, 4) is 0 Å². The molecule has 0 amide bonds. The Balaban J connectivity index is 0. The Labute approximate surface area is 165 Å². The van der Waals surface area contributed by atoms with Gasteiger partial charge in [-0.25, -0.2) is 0 Å². The maximum Gasteiger partial charge on any atom is 0.0644 e. The Hall–Kier alpha value is 0.266. The Morgan fingerprint density at radius 1 is 1.04 bits per heavy atom. The summed E-state index contributed by atoms with van der Waals surface area (Å²) in [6.07, 6.45) is 1.87. The smallest absolute Gasteiger partial charge is 0.0644 e. The first-order chi connectivity index (χ1) is 10.5. The molecule has 1 N–H and O–H groups in total. The zero-order chi connectivity index (χ0) is 18.1. The van der Waals surface area contributed by atoms with Crippen molar-refractivity contribution in [2.45, 2.75) is 63.9 Å². The molecule has 0 aromatic heterocycles. The van der Waals surface area contributed by atoms with E-state index >= 15 is 0 Å². The third-order valence-corrected chi connectivity index (χ3v) is 5.30. The Morgan fingerprint density at radius 2 is 1.46 bits per heavy atom. The molecule has 0 fully saturated rings. The molecule has 0 aromatic rings. The van der Waals surface area contributed by atoms with E-state index in [0.29, 0.717) is 12.3 Å². The minimum absolute atomic E-state index is 0. The van der Waals surface area contributed by atoms with Gasteiger partial charge in [0.15, 0.2) is 0 Å². The number of nitrogens with zero attached hydrogens (tertiary/aromatic N) is 2. The standard InChI is InChI=1S/C16H33N3O2S2.Co/c1-13(15(3,4)22)18-11-7-9-17-10-8-12-19-14(2)16(5,6)23(20)21;/h17,22H,7-12H2,1-6H3,(H,20,21);/p-2. The quantitative estimate of drug-likeness (QED) is 0.241. The van der Waals surface area contributed by atoms with Gasteiger partial charge in [0.2, 0.25) is 0 Å². The minimum Gasteiger partial charge on any atom is -0.781 e. The minimum atomic E-state index is -2.15. The molecule has 0 heterocycles. The molecule has 0 saturated heterocycles. The molecule has 0 aliphatic rings. The van der Waals surface area contributed by atoms with Crippen LogP contribution in [0.3, 0.4) is 0 Å². The molecule has 0 saturated carbocycles. The average molecular weight is 421 g/mol. The fourth-order valence-electron chi connectivity index (χ4n) is 1.53. The van der Waals surface area contributed by atoms with Crippen LogP contribution in [0.5, 0.6) is 0 Å². The first-order valence-electron chi connectivity index (χ1n) is 8.03. The normalized spacial score (nSPS) is 15.2. The van der Waals surface area contributed by atoms with Gasteiger partial charge in [0.25, 0.3) is 0 Å². The van der Waals surface area contributed by atoms with Crippen molar-refractivity contribution in [2.24, 2.45) is 9.98 Å².